The largest absolute Gasteiger partial charge is 0.489 e. The van der Waals surface area contributed by atoms with Crippen molar-refractivity contribution in [2.24, 2.45) is 4.99 Å². The number of rotatable bonds is 7. The number of aliphatic carboxylic acids is 1. The Morgan fingerprint density at radius 1 is 1.27 bits per heavy atom. The van der Waals surface area contributed by atoms with Gasteiger partial charge in [-0.25, -0.2) is 0 Å². The molecule has 2 aromatic rings. The number of ether oxygens (including phenoxy) is 1. The van der Waals surface area contributed by atoms with Crippen molar-refractivity contribution in [3.63, 3.8) is 0 Å². The van der Waals surface area contributed by atoms with E-state index in [2.05, 4.69) is 10.2 Å². The molecule has 4 rings (SSSR count). The third-order valence-electron chi connectivity index (χ3n) is 5.30. The molecule has 1 fully saturated rings. The molecule has 1 saturated heterocycles. The first-order valence-corrected chi connectivity index (χ1v) is 10.4. The minimum absolute atomic E-state index is 0.150. The fourth-order valence-electron chi connectivity index (χ4n) is 3.67. The van der Waals surface area contributed by atoms with Gasteiger partial charge in [0.25, 0.3) is 0 Å². The number of nitrogens with one attached hydrogen (secondary N) is 1. The van der Waals surface area contributed by atoms with Gasteiger partial charge in [-0.2, -0.15) is 0 Å². The van der Waals surface area contributed by atoms with Gasteiger partial charge in [0.15, 0.2) is 0 Å². The van der Waals surface area contributed by atoms with Crippen LogP contribution in [0.4, 0.5) is 0 Å². The Labute approximate surface area is 180 Å². The maximum absolute atomic E-state index is 10.8. The van der Waals surface area contributed by atoms with Gasteiger partial charge in [0.2, 0.25) is 0 Å². The van der Waals surface area contributed by atoms with Crippen LogP contribution in [0.1, 0.15) is 24.0 Å². The van der Waals surface area contributed by atoms with E-state index in [0.717, 1.165) is 47.8 Å². The number of likely N-dealkylation sites (tertiary alicyclic amines) is 1. The molecule has 0 radical (unpaired) electrons. The average molecular weight is 426 g/mol. The number of aliphatic imine (C=N–C) groups is 1. The number of carbonyl (C=O) groups is 1. The summed E-state index contributed by atoms with van der Waals surface area (Å²) in [6.07, 6.45) is 2.96. The van der Waals surface area contributed by atoms with E-state index in [1.807, 2.05) is 54.7 Å². The summed E-state index contributed by atoms with van der Waals surface area (Å²) in [6, 6.07) is 15.7. The molecule has 2 N–H and O–H groups in total. The summed E-state index contributed by atoms with van der Waals surface area (Å²) in [4.78, 5) is 17.8. The lowest BCUT2D eigenvalue weighted by Gasteiger charge is -2.35. The molecule has 6 nitrogen and oxygen atoms in total. The number of carboxylic acids is 1. The second-order valence-corrected chi connectivity index (χ2v) is 7.93. The van der Waals surface area contributed by atoms with Crippen LogP contribution < -0.4 is 10.1 Å². The fourth-order valence-corrected chi connectivity index (χ4v) is 3.88. The number of halogens is 1. The first-order valence-electron chi connectivity index (χ1n) is 10.0. The number of benzene rings is 2. The van der Waals surface area contributed by atoms with Gasteiger partial charge in [-0.3, -0.25) is 14.7 Å². The van der Waals surface area contributed by atoms with Crippen LogP contribution in [0.2, 0.25) is 5.02 Å². The van der Waals surface area contributed by atoms with Gasteiger partial charge < -0.3 is 15.2 Å². The lowest BCUT2D eigenvalue weighted by Crippen LogP contribution is -2.51. The lowest BCUT2D eigenvalue weighted by molar-refractivity contribution is -0.137. The highest BCUT2D eigenvalue weighted by Crippen LogP contribution is 2.24. The van der Waals surface area contributed by atoms with Gasteiger partial charge in [0, 0.05) is 48.6 Å². The topological polar surface area (TPSA) is 74.2 Å². The van der Waals surface area contributed by atoms with Crippen molar-refractivity contribution in [1.82, 2.24) is 10.2 Å². The van der Waals surface area contributed by atoms with Gasteiger partial charge in [-0.05, 0) is 42.0 Å². The summed E-state index contributed by atoms with van der Waals surface area (Å²) in [5.41, 5.74) is 4.08. The van der Waals surface area contributed by atoms with Crippen LogP contribution in [0.3, 0.4) is 0 Å². The first-order chi connectivity index (χ1) is 14.6. The Hall–Kier alpha value is -2.83. The van der Waals surface area contributed by atoms with E-state index in [-0.39, 0.29) is 12.5 Å². The minimum Gasteiger partial charge on any atom is -0.489 e. The number of carboxylic acid groups (broad SMARTS) is 1. The van der Waals surface area contributed by atoms with Crippen molar-refractivity contribution in [2.45, 2.75) is 25.5 Å². The summed E-state index contributed by atoms with van der Waals surface area (Å²) in [6.45, 7) is 2.67. The maximum Gasteiger partial charge on any atom is 0.304 e. The zero-order valence-electron chi connectivity index (χ0n) is 16.6. The maximum atomic E-state index is 10.8. The molecule has 0 bridgehead atoms. The molecule has 30 heavy (non-hydrogen) atoms. The smallest absolute Gasteiger partial charge is 0.304 e. The highest BCUT2D eigenvalue weighted by molar-refractivity contribution is 6.30. The molecule has 0 spiro atoms. The summed E-state index contributed by atoms with van der Waals surface area (Å²) < 4.78 is 5.85. The summed E-state index contributed by atoms with van der Waals surface area (Å²) >= 11 is 6.01. The van der Waals surface area contributed by atoms with E-state index in [0.29, 0.717) is 18.2 Å². The molecule has 0 amide bonds. The summed E-state index contributed by atoms with van der Waals surface area (Å²) in [7, 11) is 0. The van der Waals surface area contributed by atoms with Gasteiger partial charge in [0.1, 0.15) is 12.4 Å². The van der Waals surface area contributed by atoms with Crippen LogP contribution in [-0.2, 0) is 11.4 Å². The van der Waals surface area contributed by atoms with Crippen molar-refractivity contribution >= 4 is 29.0 Å². The molecule has 1 atom stereocenters. The second kappa shape index (κ2) is 9.32. The van der Waals surface area contributed by atoms with Crippen LogP contribution in [0, 0.1) is 0 Å². The van der Waals surface area contributed by atoms with Crippen molar-refractivity contribution in [3.8, 4) is 5.75 Å². The highest BCUT2D eigenvalue weighted by Gasteiger charge is 2.27. The minimum atomic E-state index is -0.756. The van der Waals surface area contributed by atoms with E-state index >= 15 is 0 Å². The Kier molecular flexibility index (Phi) is 6.35. The van der Waals surface area contributed by atoms with E-state index < -0.39 is 5.97 Å². The number of hydrogen-bond acceptors (Lipinski definition) is 5. The highest BCUT2D eigenvalue weighted by atomic mass is 35.5. The molecule has 7 heteroatoms. The third-order valence-corrected chi connectivity index (χ3v) is 5.53. The zero-order chi connectivity index (χ0) is 20.9. The molecule has 2 aliphatic heterocycles. The van der Waals surface area contributed by atoms with Crippen LogP contribution in [0.5, 0.6) is 5.75 Å². The molecule has 2 aliphatic rings. The van der Waals surface area contributed by atoms with Gasteiger partial charge in [0.05, 0.1) is 18.2 Å². The number of nitrogens with zero attached hydrogens (tertiary/aromatic N) is 2. The lowest BCUT2D eigenvalue weighted by atomic mass is 10.0. The van der Waals surface area contributed by atoms with Crippen LogP contribution >= 0.6 is 11.6 Å². The van der Waals surface area contributed by atoms with Gasteiger partial charge in [-0.15, -0.1) is 0 Å². The van der Waals surface area contributed by atoms with Crippen molar-refractivity contribution in [2.75, 3.05) is 19.6 Å². The monoisotopic (exact) mass is 425 g/mol. The van der Waals surface area contributed by atoms with Gasteiger partial charge in [-0.1, -0.05) is 23.7 Å². The van der Waals surface area contributed by atoms with Gasteiger partial charge >= 0.3 is 5.97 Å². The predicted octanol–water partition coefficient (Wildman–Crippen LogP) is 3.81. The molecule has 2 heterocycles. The van der Waals surface area contributed by atoms with Crippen molar-refractivity contribution in [3.05, 3.63) is 70.9 Å². The van der Waals surface area contributed by atoms with E-state index in [1.54, 1.807) is 0 Å². The second-order valence-electron chi connectivity index (χ2n) is 7.49. The normalized spacial score (nSPS) is 18.6. The van der Waals surface area contributed by atoms with E-state index in [9.17, 15) is 4.79 Å². The number of piperidine rings is 1. The van der Waals surface area contributed by atoms with Crippen LogP contribution in [0.25, 0.3) is 5.70 Å². The van der Waals surface area contributed by atoms with E-state index in [1.165, 1.54) is 0 Å². The molecule has 2 aromatic carbocycles. The number of fused-ring (bicyclic) bond motifs is 1. The molecular formula is C23H24ClN3O3. The quantitative estimate of drug-likeness (QED) is 0.705. The predicted molar refractivity (Wildman–Crippen MR) is 118 cm³/mol. The molecule has 156 valence electrons. The van der Waals surface area contributed by atoms with Crippen LogP contribution in [0.15, 0.2) is 59.7 Å². The van der Waals surface area contributed by atoms with E-state index in [4.69, 9.17) is 26.4 Å². The SMILES string of the molecule is O=C(O)CCN1CCC2=NC(c3ccc(OCc4cccc(Cl)c4)cc3)=CNC2C1. The molecule has 0 aromatic heterocycles. The first kappa shape index (κ1) is 20.4. The molecule has 1 unspecified atom stereocenters. The zero-order valence-corrected chi connectivity index (χ0v) is 17.3. The Bertz CT molecular complexity index is 972. The summed E-state index contributed by atoms with van der Waals surface area (Å²) in [5.74, 6) is 0.0357. The molecule has 0 saturated carbocycles. The fraction of sp³-hybridized carbons (Fsp3) is 0.304. The molecule has 0 aliphatic carbocycles. The standard InChI is InChI=1S/C23H24ClN3O3/c24-18-3-1-2-16(12-18)15-30-19-6-4-17(5-7-19)21-13-25-22-14-27(11-9-23(28)29)10-8-20(22)26-21/h1-7,12-13,22,25H,8-11,14-15H2,(H,28,29). The third kappa shape index (κ3) is 5.20. The van der Waals surface area contributed by atoms with Crippen LogP contribution in [-0.4, -0.2) is 47.4 Å². The van der Waals surface area contributed by atoms with Crippen molar-refractivity contribution in [1.29, 1.82) is 0 Å². The summed E-state index contributed by atoms with van der Waals surface area (Å²) in [5, 5.41) is 13.0. The average Bonchev–Trinajstić information content (AvgIpc) is 2.76. The Morgan fingerprint density at radius 3 is 2.87 bits per heavy atom. The Balaban J connectivity index is 1.34. The Morgan fingerprint density at radius 2 is 2.10 bits per heavy atom. The number of hydrogen-bond donors (Lipinski definition) is 2. The molecular weight excluding hydrogens is 402 g/mol. The van der Waals surface area contributed by atoms with Crippen molar-refractivity contribution < 1.29 is 14.6 Å².